The average Bonchev–Trinajstić information content (AvgIpc) is 3.58. The molecule has 5 nitrogen and oxygen atoms in total. The fourth-order valence-electron chi connectivity index (χ4n) is 5.97. The van der Waals surface area contributed by atoms with Crippen molar-refractivity contribution in [2.45, 2.75) is 57.3 Å². The Morgan fingerprint density at radius 2 is 1.62 bits per heavy atom. The third kappa shape index (κ3) is 7.30. The second kappa shape index (κ2) is 14.3. The van der Waals surface area contributed by atoms with Gasteiger partial charge in [-0.2, -0.15) is 0 Å². The SMILES string of the molecule is CC(C)Cc1cc(-c2[c-]cccc2)nc[c]1[Ge]([CH3])([CH3])[CH3].CC(C)c1ccc2c(n1)oc1c(-c3nc4ccccc4n3C)[c-]ccc12.[Ir]. The number of furan rings is 1. The molecule has 0 saturated carbocycles. The number of nitrogens with zero attached hydrogens (tertiary/aromatic N) is 4. The summed E-state index contributed by atoms with van der Waals surface area (Å²) in [5.41, 5.74) is 9.04. The Morgan fingerprint density at radius 3 is 2.30 bits per heavy atom. The Morgan fingerprint density at radius 1 is 0.851 bits per heavy atom. The van der Waals surface area contributed by atoms with E-state index in [0.717, 1.165) is 62.1 Å². The predicted octanol–water partition coefficient (Wildman–Crippen LogP) is 9.75. The van der Waals surface area contributed by atoms with Crippen LogP contribution in [0.3, 0.4) is 0 Å². The summed E-state index contributed by atoms with van der Waals surface area (Å²) in [5, 5.41) is 2.07. The van der Waals surface area contributed by atoms with Crippen LogP contribution < -0.4 is 4.40 Å². The second-order valence-electron chi connectivity index (χ2n) is 13.8. The van der Waals surface area contributed by atoms with E-state index in [0.29, 0.717) is 17.5 Å². The zero-order valence-corrected chi connectivity index (χ0v) is 33.0. The van der Waals surface area contributed by atoms with Gasteiger partial charge < -0.3 is 8.98 Å². The minimum atomic E-state index is -1.86. The van der Waals surface area contributed by atoms with Crippen LogP contribution in [0.4, 0.5) is 0 Å². The molecule has 243 valence electrons. The van der Waals surface area contributed by atoms with Gasteiger partial charge in [0.15, 0.2) is 0 Å². The summed E-state index contributed by atoms with van der Waals surface area (Å²) in [6.45, 7) is 8.84. The molecule has 0 bridgehead atoms. The average molecular weight is 860 g/mol. The number of pyridine rings is 2. The maximum atomic E-state index is 6.18. The molecule has 0 fully saturated rings. The molecule has 0 atom stereocenters. The largest absolute Gasteiger partial charge is 0.486 e. The van der Waals surface area contributed by atoms with Gasteiger partial charge in [0.25, 0.3) is 0 Å². The summed E-state index contributed by atoms with van der Waals surface area (Å²) in [5.74, 6) is 9.20. The maximum absolute atomic E-state index is 6.18. The van der Waals surface area contributed by atoms with Crippen LogP contribution in [0, 0.1) is 18.1 Å². The van der Waals surface area contributed by atoms with Crippen LogP contribution in [0.25, 0.3) is 55.7 Å². The van der Waals surface area contributed by atoms with Crippen molar-refractivity contribution in [3.05, 3.63) is 108 Å². The zero-order valence-electron chi connectivity index (χ0n) is 28.5. The van der Waals surface area contributed by atoms with Gasteiger partial charge in [0, 0.05) is 38.2 Å². The van der Waals surface area contributed by atoms with Crippen LogP contribution in [0.5, 0.6) is 0 Å². The minimum Gasteiger partial charge on any atom is -0.486 e. The molecule has 0 N–H and O–H groups in total. The number of fused-ring (bicyclic) bond motifs is 4. The Labute approximate surface area is 294 Å². The van der Waals surface area contributed by atoms with E-state index < -0.39 is 13.3 Å². The number of para-hydroxylation sites is 2. The third-order valence-corrected chi connectivity index (χ3v) is 12.7. The summed E-state index contributed by atoms with van der Waals surface area (Å²) < 4.78 is 9.81. The fraction of sp³-hybridized carbons (Fsp3) is 0.275. The van der Waals surface area contributed by atoms with Crippen LogP contribution in [-0.4, -0.2) is 32.8 Å². The van der Waals surface area contributed by atoms with Gasteiger partial charge >= 0.3 is 126 Å². The fourth-order valence-corrected chi connectivity index (χ4v) is 9.31. The maximum Gasteiger partial charge on any atom is 0.216 e. The van der Waals surface area contributed by atoms with Crippen LogP contribution in [0.1, 0.15) is 44.9 Å². The van der Waals surface area contributed by atoms with Crippen LogP contribution >= 0.6 is 0 Å². The molecule has 0 aliphatic rings. The number of rotatable bonds is 6. The Kier molecular flexibility index (Phi) is 10.5. The van der Waals surface area contributed by atoms with Crippen molar-refractivity contribution in [2.75, 3.05) is 0 Å². The first-order chi connectivity index (χ1) is 22.0. The normalized spacial score (nSPS) is 11.7. The smallest absolute Gasteiger partial charge is 0.216 e. The molecule has 0 aliphatic heterocycles. The monoisotopic (exact) mass is 861 g/mol. The summed E-state index contributed by atoms with van der Waals surface area (Å²) in [6.07, 6.45) is 3.27. The van der Waals surface area contributed by atoms with Gasteiger partial charge in [-0.1, -0.05) is 36.9 Å². The topological polar surface area (TPSA) is 56.7 Å². The Hall–Kier alpha value is -3.58. The van der Waals surface area contributed by atoms with E-state index in [1.54, 1.807) is 4.40 Å². The van der Waals surface area contributed by atoms with Crippen molar-refractivity contribution in [3.8, 4) is 22.6 Å². The minimum absolute atomic E-state index is 0. The number of aryl methyl sites for hydroxylation is 1. The van der Waals surface area contributed by atoms with E-state index in [4.69, 9.17) is 19.4 Å². The van der Waals surface area contributed by atoms with Crippen LogP contribution in [-0.2, 0) is 33.6 Å². The second-order valence-corrected chi connectivity index (χ2v) is 24.3. The van der Waals surface area contributed by atoms with Crippen molar-refractivity contribution in [1.29, 1.82) is 0 Å². The molecule has 0 unspecified atom stereocenters. The Balaban J connectivity index is 0.000000188. The van der Waals surface area contributed by atoms with Gasteiger partial charge in [-0.15, -0.1) is 18.2 Å². The molecule has 4 aromatic heterocycles. The third-order valence-electron chi connectivity index (χ3n) is 8.33. The first kappa shape index (κ1) is 34.7. The van der Waals surface area contributed by atoms with Gasteiger partial charge in [-0.25, -0.2) is 4.98 Å². The molecule has 1 radical (unpaired) electrons. The van der Waals surface area contributed by atoms with Crippen LogP contribution in [0.2, 0.25) is 17.3 Å². The number of hydrogen-bond acceptors (Lipinski definition) is 4. The molecule has 0 spiro atoms. The predicted molar refractivity (Wildman–Crippen MR) is 194 cm³/mol. The number of hydrogen-bond donors (Lipinski definition) is 0. The summed E-state index contributed by atoms with van der Waals surface area (Å²) in [6, 6.07) is 33.2. The summed E-state index contributed by atoms with van der Waals surface area (Å²) in [4.78, 5) is 14.2. The van der Waals surface area contributed by atoms with Gasteiger partial charge in [0.05, 0.1) is 22.4 Å². The molecule has 7 heteroatoms. The van der Waals surface area contributed by atoms with Gasteiger partial charge in [0.2, 0.25) is 5.71 Å². The van der Waals surface area contributed by atoms with E-state index in [2.05, 4.69) is 98.2 Å². The zero-order chi connectivity index (χ0) is 32.6. The van der Waals surface area contributed by atoms with Crippen LogP contribution in [0.15, 0.2) is 89.5 Å². The number of aromatic nitrogens is 4. The summed E-state index contributed by atoms with van der Waals surface area (Å²) in [7, 11) is 2.02. The molecule has 4 heterocycles. The molecule has 0 amide bonds. The van der Waals surface area contributed by atoms with Crippen molar-refractivity contribution in [3.63, 3.8) is 0 Å². The molecule has 7 aromatic rings. The van der Waals surface area contributed by atoms with Crippen molar-refractivity contribution in [2.24, 2.45) is 13.0 Å². The molecule has 7 rings (SSSR count). The van der Waals surface area contributed by atoms with Crippen molar-refractivity contribution < 1.29 is 24.5 Å². The van der Waals surface area contributed by atoms with E-state index >= 15 is 0 Å². The van der Waals surface area contributed by atoms with Gasteiger partial charge in [-0.3, -0.25) is 4.98 Å². The quantitative estimate of drug-likeness (QED) is 0.124. The standard InChI is InChI=1S/C22H18N3O.C18H24GeN.Ir/c1-13(2)17-12-11-15-14-7-6-8-16(20(14)26-22(15)24-17)21-23-18-9-4-5-10-19(18)25(21)3;1-14(2)11-16-12-18(15-9-7-6-8-10-15)20-13-17(16)19(3,4)5;/h4-7,9-13H,1-3H3;6-9,12-14H,11H2,1-5H3;/q2*-1;. The molecule has 0 saturated heterocycles. The first-order valence-corrected chi connectivity index (χ1v) is 23.5. The molecule has 0 aliphatic carbocycles. The number of benzene rings is 3. The first-order valence-electron chi connectivity index (χ1n) is 16.1. The van der Waals surface area contributed by atoms with E-state index in [1.165, 1.54) is 5.56 Å². The Bertz CT molecular complexity index is 2140. The van der Waals surface area contributed by atoms with E-state index in [1.807, 2.05) is 55.6 Å². The molecule has 3 aromatic carbocycles. The molecular formula is C40H42GeIrN4O-2. The number of imidazole rings is 1. The summed E-state index contributed by atoms with van der Waals surface area (Å²) >= 11 is -1.86. The van der Waals surface area contributed by atoms with E-state index in [-0.39, 0.29) is 20.1 Å². The van der Waals surface area contributed by atoms with Gasteiger partial charge in [-0.05, 0) is 30.2 Å². The molecular weight excluding hydrogens is 817 g/mol. The van der Waals surface area contributed by atoms with Crippen molar-refractivity contribution >= 4 is 50.8 Å². The molecule has 47 heavy (non-hydrogen) atoms. The van der Waals surface area contributed by atoms with Crippen molar-refractivity contribution in [1.82, 2.24) is 19.5 Å². The van der Waals surface area contributed by atoms with Gasteiger partial charge in [0.1, 0.15) is 0 Å². The van der Waals surface area contributed by atoms with E-state index in [9.17, 15) is 0 Å².